The van der Waals surface area contributed by atoms with Crippen molar-refractivity contribution in [2.75, 3.05) is 13.2 Å². The summed E-state index contributed by atoms with van der Waals surface area (Å²) in [5, 5.41) is 53.9. The van der Waals surface area contributed by atoms with Gasteiger partial charge in [-0.25, -0.2) is 0 Å². The smallest absolute Gasteiger partial charge is 0.220 e. The van der Waals surface area contributed by atoms with E-state index in [1.54, 1.807) is 6.08 Å². The highest BCUT2D eigenvalue weighted by atomic mass is 16.7. The van der Waals surface area contributed by atoms with Gasteiger partial charge in [0.15, 0.2) is 6.29 Å². The fraction of sp³-hybridized carbons (Fsp3) is 0.872. The van der Waals surface area contributed by atoms with Crippen molar-refractivity contribution in [1.82, 2.24) is 5.32 Å². The molecule has 0 bridgehead atoms. The minimum absolute atomic E-state index is 0.190. The van der Waals surface area contributed by atoms with E-state index in [9.17, 15) is 30.3 Å². The van der Waals surface area contributed by atoms with E-state index in [2.05, 4.69) is 31.3 Å². The molecule has 0 aromatic carbocycles. The minimum Gasteiger partial charge on any atom is -0.394 e. The number of hydrogen-bond donors (Lipinski definition) is 6. The number of unbranched alkanes of at least 4 members (excludes halogenated alkanes) is 19. The molecular weight excluding hydrogens is 610 g/mol. The van der Waals surface area contributed by atoms with Crippen molar-refractivity contribution < 1.29 is 39.8 Å². The van der Waals surface area contributed by atoms with Gasteiger partial charge in [0, 0.05) is 6.42 Å². The summed E-state index contributed by atoms with van der Waals surface area (Å²) in [7, 11) is 0. The fourth-order valence-corrected chi connectivity index (χ4v) is 6.03. The van der Waals surface area contributed by atoms with Gasteiger partial charge in [0.25, 0.3) is 0 Å². The van der Waals surface area contributed by atoms with Crippen molar-refractivity contribution in [3.05, 3.63) is 24.3 Å². The lowest BCUT2D eigenvalue weighted by Crippen LogP contribution is -2.60. The average molecular weight is 684 g/mol. The van der Waals surface area contributed by atoms with Crippen molar-refractivity contribution in [2.45, 2.75) is 204 Å². The van der Waals surface area contributed by atoms with Crippen molar-refractivity contribution in [3.63, 3.8) is 0 Å². The maximum absolute atomic E-state index is 12.8. The Bertz CT molecular complexity index is 807. The molecule has 0 spiro atoms. The highest BCUT2D eigenvalue weighted by molar-refractivity contribution is 5.76. The van der Waals surface area contributed by atoms with Gasteiger partial charge in [-0.3, -0.25) is 4.79 Å². The molecule has 1 fully saturated rings. The Morgan fingerprint density at radius 1 is 0.688 bits per heavy atom. The highest BCUT2D eigenvalue weighted by Crippen LogP contribution is 2.22. The quantitative estimate of drug-likeness (QED) is 0.0346. The summed E-state index contributed by atoms with van der Waals surface area (Å²) in [5.41, 5.74) is 0. The van der Waals surface area contributed by atoms with Crippen LogP contribution in [0.2, 0.25) is 0 Å². The Balaban J connectivity index is 2.47. The maximum Gasteiger partial charge on any atom is 0.220 e. The summed E-state index contributed by atoms with van der Waals surface area (Å²) < 4.78 is 11.1. The zero-order valence-electron chi connectivity index (χ0n) is 30.5. The normalized spacial score (nSPS) is 22.9. The third kappa shape index (κ3) is 21.7. The summed E-state index contributed by atoms with van der Waals surface area (Å²) in [6, 6.07) is -0.803. The molecule has 0 aliphatic carbocycles. The van der Waals surface area contributed by atoms with E-state index in [-0.39, 0.29) is 12.5 Å². The number of hydrogen-bond acceptors (Lipinski definition) is 8. The van der Waals surface area contributed by atoms with Crippen LogP contribution in [-0.2, 0) is 14.3 Å². The Morgan fingerprint density at radius 2 is 1.17 bits per heavy atom. The van der Waals surface area contributed by atoms with E-state index < -0.39 is 49.5 Å². The third-order valence-corrected chi connectivity index (χ3v) is 9.27. The summed E-state index contributed by atoms with van der Waals surface area (Å²) in [5.74, 6) is -0.190. The van der Waals surface area contributed by atoms with Crippen LogP contribution in [0.5, 0.6) is 0 Å². The van der Waals surface area contributed by atoms with Crippen LogP contribution >= 0.6 is 0 Å². The van der Waals surface area contributed by atoms with Crippen LogP contribution in [0.4, 0.5) is 0 Å². The minimum atomic E-state index is -1.56. The zero-order valence-corrected chi connectivity index (χ0v) is 30.5. The van der Waals surface area contributed by atoms with Gasteiger partial charge in [-0.05, 0) is 44.9 Å². The fourth-order valence-electron chi connectivity index (χ4n) is 6.03. The van der Waals surface area contributed by atoms with Crippen LogP contribution in [0.25, 0.3) is 0 Å². The molecule has 0 saturated carbocycles. The molecule has 1 aliphatic heterocycles. The molecular formula is C39H73NO8. The molecule has 9 heteroatoms. The van der Waals surface area contributed by atoms with Crippen molar-refractivity contribution in [3.8, 4) is 0 Å². The Hall–Kier alpha value is -1.33. The van der Waals surface area contributed by atoms with Gasteiger partial charge in [0.05, 0.1) is 25.4 Å². The molecule has 0 radical (unpaired) electrons. The summed E-state index contributed by atoms with van der Waals surface area (Å²) in [6.45, 7) is 3.71. The van der Waals surface area contributed by atoms with Gasteiger partial charge < -0.3 is 40.3 Å². The number of amides is 1. The summed E-state index contributed by atoms with van der Waals surface area (Å²) in [6.07, 6.45) is 26.4. The lowest BCUT2D eigenvalue weighted by atomic mass is 9.99. The maximum atomic E-state index is 12.8. The van der Waals surface area contributed by atoms with Crippen LogP contribution < -0.4 is 5.32 Å². The van der Waals surface area contributed by atoms with Crippen LogP contribution in [0, 0.1) is 0 Å². The standard InChI is InChI=1S/C39H73NO8/c1-3-5-7-9-11-13-15-17-18-20-22-24-26-28-33(42)32(31-47-39-38(46)37(45)36(44)34(30-41)48-39)40-35(43)29-27-25-23-21-19-16-14-12-10-8-6-4-2/h12,14,26,28,32-34,36-39,41-42,44-46H,3-11,13,15-25,27,29-31H2,1-2H3,(H,40,43)/b14-12-,28-26+. The van der Waals surface area contributed by atoms with E-state index in [0.29, 0.717) is 6.42 Å². The van der Waals surface area contributed by atoms with E-state index in [1.165, 1.54) is 83.5 Å². The van der Waals surface area contributed by atoms with Crippen molar-refractivity contribution >= 4 is 5.91 Å². The molecule has 48 heavy (non-hydrogen) atoms. The molecule has 1 rings (SSSR count). The topological polar surface area (TPSA) is 149 Å². The van der Waals surface area contributed by atoms with Gasteiger partial charge >= 0.3 is 0 Å². The predicted molar refractivity (Wildman–Crippen MR) is 193 cm³/mol. The molecule has 0 aromatic rings. The third-order valence-electron chi connectivity index (χ3n) is 9.27. The molecule has 1 saturated heterocycles. The Morgan fingerprint density at radius 3 is 1.73 bits per heavy atom. The lowest BCUT2D eigenvalue weighted by Gasteiger charge is -2.40. The predicted octanol–water partition coefficient (Wildman–Crippen LogP) is 6.77. The number of carbonyl (C=O) groups is 1. The van der Waals surface area contributed by atoms with Crippen LogP contribution in [0.3, 0.4) is 0 Å². The monoisotopic (exact) mass is 684 g/mol. The number of rotatable bonds is 31. The Labute approximate surface area is 292 Å². The van der Waals surface area contributed by atoms with Crippen molar-refractivity contribution in [2.24, 2.45) is 0 Å². The number of aliphatic hydroxyl groups excluding tert-OH is 5. The summed E-state index contributed by atoms with van der Waals surface area (Å²) >= 11 is 0. The molecule has 1 amide bonds. The second-order valence-electron chi connectivity index (χ2n) is 13.7. The number of allylic oxidation sites excluding steroid dienone is 3. The zero-order chi connectivity index (χ0) is 35.2. The van der Waals surface area contributed by atoms with E-state index in [0.717, 1.165) is 57.8 Å². The second-order valence-corrected chi connectivity index (χ2v) is 13.7. The Kier molecular flexibility index (Phi) is 28.4. The van der Waals surface area contributed by atoms with Crippen molar-refractivity contribution in [1.29, 1.82) is 0 Å². The number of ether oxygens (including phenoxy) is 2. The largest absolute Gasteiger partial charge is 0.394 e. The van der Waals surface area contributed by atoms with Crippen LogP contribution in [-0.4, -0.2) is 87.5 Å². The van der Waals surface area contributed by atoms with Crippen LogP contribution in [0.1, 0.15) is 162 Å². The van der Waals surface area contributed by atoms with E-state index in [1.807, 2.05) is 6.08 Å². The number of aliphatic hydroxyl groups is 5. The number of carbonyl (C=O) groups excluding carboxylic acids is 1. The van der Waals surface area contributed by atoms with Gasteiger partial charge in [-0.2, -0.15) is 0 Å². The first-order valence-electron chi connectivity index (χ1n) is 19.6. The van der Waals surface area contributed by atoms with Gasteiger partial charge in [-0.15, -0.1) is 0 Å². The molecule has 1 heterocycles. The van der Waals surface area contributed by atoms with Gasteiger partial charge in [0.1, 0.15) is 24.4 Å². The first kappa shape index (κ1) is 44.7. The SMILES string of the molecule is CCCCC/C=C\CCCCCCCC(=O)NC(COC1OC(CO)C(O)C(O)C1O)C(O)/C=C/CCCCCCCCCCCCC. The molecule has 0 aromatic heterocycles. The first-order chi connectivity index (χ1) is 23.3. The lowest BCUT2D eigenvalue weighted by molar-refractivity contribution is -0.302. The second kappa shape index (κ2) is 30.5. The van der Waals surface area contributed by atoms with Crippen LogP contribution in [0.15, 0.2) is 24.3 Å². The highest BCUT2D eigenvalue weighted by Gasteiger charge is 2.44. The van der Waals surface area contributed by atoms with Gasteiger partial charge in [0.2, 0.25) is 5.91 Å². The van der Waals surface area contributed by atoms with Gasteiger partial charge in [-0.1, -0.05) is 134 Å². The molecule has 7 atom stereocenters. The molecule has 9 nitrogen and oxygen atoms in total. The van der Waals surface area contributed by atoms with E-state index >= 15 is 0 Å². The molecule has 282 valence electrons. The summed E-state index contributed by atoms with van der Waals surface area (Å²) in [4.78, 5) is 12.8. The molecule has 6 N–H and O–H groups in total. The first-order valence-corrected chi connectivity index (χ1v) is 19.6. The molecule has 7 unspecified atom stereocenters. The van der Waals surface area contributed by atoms with E-state index in [4.69, 9.17) is 9.47 Å². The number of nitrogens with one attached hydrogen (secondary N) is 1. The molecule has 1 aliphatic rings. The average Bonchev–Trinajstić information content (AvgIpc) is 3.08.